The number of benzene rings is 1. The van der Waals surface area contributed by atoms with E-state index in [9.17, 15) is 4.79 Å². The molecule has 0 aliphatic carbocycles. The first-order valence-corrected chi connectivity index (χ1v) is 10.7. The summed E-state index contributed by atoms with van der Waals surface area (Å²) in [6.07, 6.45) is 0.984. The summed E-state index contributed by atoms with van der Waals surface area (Å²) in [7, 11) is 0. The highest BCUT2D eigenvalue weighted by Crippen LogP contribution is 2.28. The summed E-state index contributed by atoms with van der Waals surface area (Å²) >= 11 is 6.66. The fraction of sp³-hybridized carbons (Fsp3) is 0.400. The van der Waals surface area contributed by atoms with Crippen LogP contribution in [0.25, 0.3) is 11.1 Å². The van der Waals surface area contributed by atoms with E-state index in [-0.39, 0.29) is 5.91 Å². The van der Waals surface area contributed by atoms with Gasteiger partial charge >= 0.3 is 0 Å². The first kappa shape index (κ1) is 20.7. The van der Waals surface area contributed by atoms with Gasteiger partial charge in [0.25, 0.3) is 5.91 Å². The Morgan fingerprint density at radius 3 is 2.68 bits per heavy atom. The molecule has 0 radical (unpaired) electrons. The van der Waals surface area contributed by atoms with E-state index in [1.807, 2.05) is 42.6 Å². The van der Waals surface area contributed by atoms with Crippen LogP contribution in [-0.4, -0.2) is 55.3 Å². The van der Waals surface area contributed by atoms with Gasteiger partial charge in [-0.2, -0.15) is 0 Å². The normalized spacial score (nSPS) is 14.5. The monoisotopic (exact) mass is 418 g/mol. The summed E-state index contributed by atoms with van der Waals surface area (Å²) in [4.78, 5) is 15.6. The lowest BCUT2D eigenvalue weighted by molar-refractivity contribution is 0.0376. The van der Waals surface area contributed by atoms with E-state index in [0.717, 1.165) is 56.9 Å². The molecule has 8 heteroatoms. The molecule has 1 amide bonds. The van der Waals surface area contributed by atoms with E-state index >= 15 is 0 Å². The molecule has 3 N–H and O–H groups in total. The lowest BCUT2D eigenvalue weighted by Gasteiger charge is -2.26. The number of thiocarbonyl (C=S) groups is 1. The van der Waals surface area contributed by atoms with Crippen molar-refractivity contribution in [1.29, 1.82) is 0 Å². The number of hydrogen-bond donors (Lipinski definition) is 3. The molecule has 0 unspecified atom stereocenters. The smallest absolute Gasteiger partial charge is 0.280 e. The second-order valence-electron chi connectivity index (χ2n) is 6.67. The molecule has 0 atom stereocenters. The second kappa shape index (κ2) is 10.5. The molecule has 0 spiro atoms. The molecule has 1 aliphatic rings. The number of carbonyl (C=O) groups excluding carboxylic acids is 1. The van der Waals surface area contributed by atoms with E-state index in [1.54, 1.807) is 0 Å². The van der Waals surface area contributed by atoms with Crippen LogP contribution in [0.2, 0.25) is 0 Å². The summed E-state index contributed by atoms with van der Waals surface area (Å²) in [6.45, 7) is 7.42. The number of nitrogens with zero attached hydrogens (tertiary/aromatic N) is 1. The zero-order valence-electron chi connectivity index (χ0n) is 16.0. The molecular weight excluding hydrogens is 392 g/mol. The Morgan fingerprint density at radius 2 is 1.93 bits per heavy atom. The number of hydrazine groups is 1. The molecule has 1 saturated heterocycles. The van der Waals surface area contributed by atoms with Gasteiger partial charge in [-0.05, 0) is 49.1 Å². The second-order valence-corrected chi connectivity index (χ2v) is 8.00. The van der Waals surface area contributed by atoms with Gasteiger partial charge in [0.2, 0.25) is 0 Å². The van der Waals surface area contributed by atoms with Gasteiger partial charge in [-0.25, -0.2) is 0 Å². The van der Waals surface area contributed by atoms with E-state index in [0.29, 0.717) is 9.99 Å². The summed E-state index contributed by atoms with van der Waals surface area (Å²) in [6, 6.07) is 10.1. The van der Waals surface area contributed by atoms with Crippen LogP contribution < -0.4 is 16.2 Å². The number of hydrogen-bond acceptors (Lipinski definition) is 5. The van der Waals surface area contributed by atoms with E-state index < -0.39 is 0 Å². The average Bonchev–Trinajstić information content (AvgIpc) is 3.21. The molecule has 6 nitrogen and oxygen atoms in total. The maximum Gasteiger partial charge on any atom is 0.280 e. The molecule has 150 valence electrons. The van der Waals surface area contributed by atoms with Crippen LogP contribution in [0.3, 0.4) is 0 Å². The van der Waals surface area contributed by atoms with Crippen molar-refractivity contribution in [3.8, 4) is 11.1 Å². The Bertz CT molecular complexity index is 786. The average molecular weight is 419 g/mol. The van der Waals surface area contributed by atoms with E-state index in [2.05, 4.69) is 21.1 Å². The summed E-state index contributed by atoms with van der Waals surface area (Å²) in [5.41, 5.74) is 8.62. The third-order valence-corrected chi connectivity index (χ3v) is 5.72. The molecule has 2 aromatic rings. The van der Waals surface area contributed by atoms with Gasteiger partial charge < -0.3 is 10.1 Å². The molecule has 28 heavy (non-hydrogen) atoms. The zero-order valence-corrected chi connectivity index (χ0v) is 17.6. The SMILES string of the molecule is Cc1ccc(-c2ccsc2C(=O)NNC(=S)NCCCN2CCOCC2)cc1. The Kier molecular flexibility index (Phi) is 7.79. The molecular formula is C20H26N4O2S2. The molecule has 1 aromatic heterocycles. The van der Waals surface area contributed by atoms with Crippen LogP contribution in [0.1, 0.15) is 21.7 Å². The Labute approximate surface area is 175 Å². The van der Waals surface area contributed by atoms with Gasteiger partial charge in [0.15, 0.2) is 5.11 Å². The summed E-state index contributed by atoms with van der Waals surface area (Å²) in [5.74, 6) is -0.192. The quantitative estimate of drug-likeness (QED) is 0.381. The third kappa shape index (κ3) is 6.00. The van der Waals surface area contributed by atoms with Gasteiger partial charge in [-0.15, -0.1) is 11.3 Å². The minimum Gasteiger partial charge on any atom is -0.379 e. The van der Waals surface area contributed by atoms with Gasteiger partial charge in [-0.1, -0.05) is 29.8 Å². The number of ether oxygens (including phenoxy) is 1. The van der Waals surface area contributed by atoms with Crippen molar-refractivity contribution in [1.82, 2.24) is 21.1 Å². The van der Waals surface area contributed by atoms with Gasteiger partial charge in [-0.3, -0.25) is 20.5 Å². The fourth-order valence-electron chi connectivity index (χ4n) is 2.99. The highest BCUT2D eigenvalue weighted by molar-refractivity contribution is 7.80. The minimum absolute atomic E-state index is 0.192. The lowest BCUT2D eigenvalue weighted by Crippen LogP contribution is -2.47. The predicted octanol–water partition coefficient (Wildman–Crippen LogP) is 2.55. The first-order valence-electron chi connectivity index (χ1n) is 9.42. The molecule has 1 aliphatic heterocycles. The maximum absolute atomic E-state index is 12.5. The van der Waals surface area contributed by atoms with Crippen LogP contribution >= 0.6 is 23.6 Å². The number of morpholine rings is 1. The Balaban J connectivity index is 1.41. The largest absolute Gasteiger partial charge is 0.379 e. The number of nitrogens with one attached hydrogen (secondary N) is 3. The minimum atomic E-state index is -0.192. The van der Waals surface area contributed by atoms with Crippen LogP contribution in [-0.2, 0) is 4.74 Å². The molecule has 2 heterocycles. The maximum atomic E-state index is 12.5. The van der Waals surface area contributed by atoms with Crippen LogP contribution in [0, 0.1) is 6.92 Å². The molecule has 1 aromatic carbocycles. The molecule has 0 saturated carbocycles. The van der Waals surface area contributed by atoms with Crippen molar-refractivity contribution < 1.29 is 9.53 Å². The van der Waals surface area contributed by atoms with Gasteiger partial charge in [0.1, 0.15) is 4.88 Å². The highest BCUT2D eigenvalue weighted by Gasteiger charge is 2.15. The number of aryl methyl sites for hydroxylation is 1. The summed E-state index contributed by atoms with van der Waals surface area (Å²) < 4.78 is 5.34. The van der Waals surface area contributed by atoms with Crippen molar-refractivity contribution in [2.45, 2.75) is 13.3 Å². The fourth-order valence-corrected chi connectivity index (χ4v) is 3.95. The molecule has 1 fully saturated rings. The summed E-state index contributed by atoms with van der Waals surface area (Å²) in [5, 5.41) is 5.47. The van der Waals surface area contributed by atoms with Crippen LogP contribution in [0.5, 0.6) is 0 Å². The topological polar surface area (TPSA) is 65.6 Å². The Hall–Kier alpha value is -2.00. The molecule has 3 rings (SSSR count). The zero-order chi connectivity index (χ0) is 19.8. The van der Waals surface area contributed by atoms with E-state index in [1.165, 1.54) is 16.9 Å². The van der Waals surface area contributed by atoms with Gasteiger partial charge in [0, 0.05) is 25.2 Å². The predicted molar refractivity (Wildman–Crippen MR) is 118 cm³/mol. The standard InChI is InChI=1S/C20H26N4O2S2/c1-15-3-5-16(6-4-15)17-7-14-28-18(17)19(25)22-23-20(27)21-8-2-9-24-10-12-26-13-11-24/h3-7,14H,2,8-13H2,1H3,(H,22,25)(H2,21,23,27). The number of rotatable bonds is 6. The van der Waals surface area contributed by atoms with Crippen LogP contribution in [0.4, 0.5) is 0 Å². The highest BCUT2D eigenvalue weighted by atomic mass is 32.1. The van der Waals surface area contributed by atoms with Crippen molar-refractivity contribution in [2.24, 2.45) is 0 Å². The Morgan fingerprint density at radius 1 is 1.18 bits per heavy atom. The number of thiophene rings is 1. The van der Waals surface area contributed by atoms with Gasteiger partial charge in [0.05, 0.1) is 13.2 Å². The number of amides is 1. The van der Waals surface area contributed by atoms with Crippen molar-refractivity contribution in [3.05, 3.63) is 46.2 Å². The number of carbonyl (C=O) groups is 1. The lowest BCUT2D eigenvalue weighted by atomic mass is 10.1. The van der Waals surface area contributed by atoms with Crippen molar-refractivity contribution >= 4 is 34.6 Å². The third-order valence-electron chi connectivity index (χ3n) is 4.56. The first-order chi connectivity index (χ1) is 13.6. The van der Waals surface area contributed by atoms with E-state index in [4.69, 9.17) is 17.0 Å². The van der Waals surface area contributed by atoms with Crippen molar-refractivity contribution in [2.75, 3.05) is 39.4 Å². The molecule has 0 bridgehead atoms. The van der Waals surface area contributed by atoms with Crippen LogP contribution in [0.15, 0.2) is 35.7 Å². The van der Waals surface area contributed by atoms with Crippen molar-refractivity contribution in [3.63, 3.8) is 0 Å².